The van der Waals surface area contributed by atoms with Crippen LogP contribution >= 0.6 is 23.2 Å². The molecule has 6 nitrogen and oxygen atoms in total. The molecule has 2 saturated heterocycles. The molecule has 0 unspecified atom stereocenters. The minimum absolute atomic E-state index is 0.0189. The average molecular weight is 616 g/mol. The summed E-state index contributed by atoms with van der Waals surface area (Å²) in [6, 6.07) is 5.60. The molecule has 1 aromatic carbocycles. The summed E-state index contributed by atoms with van der Waals surface area (Å²) in [6.45, 7) is 0.781. The van der Waals surface area contributed by atoms with Crippen molar-refractivity contribution in [3.8, 4) is 17.0 Å². The number of alkyl halides is 3. The van der Waals surface area contributed by atoms with Gasteiger partial charge in [-0.1, -0.05) is 40.5 Å². The van der Waals surface area contributed by atoms with Crippen LogP contribution < -0.4 is 4.74 Å². The molecule has 4 aliphatic rings. The Morgan fingerprint density at radius 3 is 2.48 bits per heavy atom. The first-order valence-corrected chi connectivity index (χ1v) is 14.6. The van der Waals surface area contributed by atoms with Crippen LogP contribution in [0.3, 0.4) is 0 Å². The SMILES string of the molecule is FC(F)(F)c1ccnc2ccc(OCC34CCC(/C=C/c5c(-c6c(Cl)cncc6Cl)noc5C5CC5)(CC3)CO4)cc12. The maximum Gasteiger partial charge on any atom is 0.417 e. The molecule has 0 atom stereocenters. The highest BCUT2D eigenvalue weighted by Crippen LogP contribution is 2.51. The van der Waals surface area contributed by atoms with Gasteiger partial charge >= 0.3 is 6.18 Å². The summed E-state index contributed by atoms with van der Waals surface area (Å²) in [5.74, 6) is 1.54. The van der Waals surface area contributed by atoms with Gasteiger partial charge in [-0.15, -0.1) is 0 Å². The Labute approximate surface area is 249 Å². The van der Waals surface area contributed by atoms with Gasteiger partial charge in [-0.25, -0.2) is 0 Å². The maximum atomic E-state index is 13.5. The summed E-state index contributed by atoms with van der Waals surface area (Å²) in [7, 11) is 0. The van der Waals surface area contributed by atoms with Crippen LogP contribution in [0.25, 0.3) is 28.2 Å². The van der Waals surface area contributed by atoms with Crippen molar-refractivity contribution in [1.82, 2.24) is 15.1 Å². The standard InChI is InChI=1S/C31H26Cl2F3N3O3/c32-23-14-37-15-24(33)26(23)27-20(28(42-39-27)18-1-2-18)5-7-29-8-10-30(11-9-29,41-16-29)17-40-19-3-4-25-21(13-19)22(6-12-38-25)31(34,35)36/h3-7,12-15,18H,1-2,8-11,16-17H2/b7-5+. The Hall–Kier alpha value is -3.14. The lowest BCUT2D eigenvalue weighted by atomic mass is 9.66. The molecule has 4 aromatic rings. The van der Waals surface area contributed by atoms with Crippen molar-refractivity contribution in [2.75, 3.05) is 13.2 Å². The van der Waals surface area contributed by atoms with Crippen LogP contribution in [0.15, 0.2) is 53.5 Å². The van der Waals surface area contributed by atoms with Crippen molar-refractivity contribution in [2.45, 2.75) is 56.2 Å². The number of halogens is 5. The summed E-state index contributed by atoms with van der Waals surface area (Å²) in [5.41, 5.74) is 1.01. The Bertz CT molecular complexity index is 1660. The monoisotopic (exact) mass is 615 g/mol. The zero-order valence-corrected chi connectivity index (χ0v) is 23.9. The molecule has 2 aliphatic carbocycles. The predicted molar refractivity (Wildman–Crippen MR) is 153 cm³/mol. The van der Waals surface area contributed by atoms with Crippen LogP contribution in [-0.4, -0.2) is 33.9 Å². The Morgan fingerprint density at radius 1 is 1.05 bits per heavy atom. The molecule has 2 bridgehead atoms. The molecular formula is C31H26Cl2F3N3O3. The van der Waals surface area contributed by atoms with Gasteiger partial charge in [0.05, 0.1) is 27.7 Å². The first kappa shape index (κ1) is 27.7. The number of pyridine rings is 2. The third kappa shape index (κ3) is 5.05. The minimum Gasteiger partial charge on any atom is -0.491 e. The topological polar surface area (TPSA) is 70.3 Å². The fraction of sp³-hybridized carbons (Fsp3) is 0.387. The number of ether oxygens (including phenoxy) is 2. The Morgan fingerprint density at radius 2 is 1.81 bits per heavy atom. The Balaban J connectivity index is 1.08. The molecule has 8 rings (SSSR count). The van der Waals surface area contributed by atoms with Gasteiger partial charge in [0, 0.05) is 46.4 Å². The molecule has 0 radical (unpaired) electrons. The second-order valence-corrected chi connectivity index (χ2v) is 12.4. The molecular weight excluding hydrogens is 590 g/mol. The van der Waals surface area contributed by atoms with E-state index in [1.165, 1.54) is 12.3 Å². The van der Waals surface area contributed by atoms with Crippen LogP contribution in [0.5, 0.6) is 5.75 Å². The van der Waals surface area contributed by atoms with E-state index in [0.717, 1.165) is 55.9 Å². The predicted octanol–water partition coefficient (Wildman–Crippen LogP) is 8.91. The highest BCUT2D eigenvalue weighted by Gasteiger charge is 2.49. The third-order valence-electron chi connectivity index (χ3n) is 8.74. The molecule has 0 spiro atoms. The van der Waals surface area contributed by atoms with Gasteiger partial charge in [0.25, 0.3) is 0 Å². The van der Waals surface area contributed by atoms with Crippen LogP contribution in [0.4, 0.5) is 13.2 Å². The van der Waals surface area contributed by atoms with Crippen molar-refractivity contribution in [2.24, 2.45) is 5.41 Å². The molecule has 2 saturated carbocycles. The van der Waals surface area contributed by atoms with E-state index in [-0.39, 0.29) is 22.9 Å². The minimum atomic E-state index is -4.48. The van der Waals surface area contributed by atoms with Crippen LogP contribution in [-0.2, 0) is 10.9 Å². The lowest BCUT2D eigenvalue weighted by Crippen LogP contribution is -2.53. The second kappa shape index (κ2) is 10.2. The molecule has 4 fully saturated rings. The highest BCUT2D eigenvalue weighted by atomic mass is 35.5. The number of hydrogen-bond donors (Lipinski definition) is 0. The van der Waals surface area contributed by atoms with E-state index in [1.54, 1.807) is 24.5 Å². The highest BCUT2D eigenvalue weighted by molar-refractivity contribution is 6.39. The molecule has 0 amide bonds. The fourth-order valence-electron chi connectivity index (χ4n) is 6.06. The lowest BCUT2D eigenvalue weighted by molar-refractivity contribution is -0.181. The zero-order valence-electron chi connectivity index (χ0n) is 22.4. The number of benzene rings is 1. The lowest BCUT2D eigenvalue weighted by Gasteiger charge is -2.51. The smallest absolute Gasteiger partial charge is 0.417 e. The van der Waals surface area contributed by atoms with E-state index in [4.69, 9.17) is 37.2 Å². The van der Waals surface area contributed by atoms with Crippen LogP contribution in [0.2, 0.25) is 10.0 Å². The van der Waals surface area contributed by atoms with Gasteiger partial charge in [-0.2, -0.15) is 13.2 Å². The van der Waals surface area contributed by atoms with Crippen molar-refractivity contribution >= 4 is 40.2 Å². The maximum absolute atomic E-state index is 13.5. The van der Waals surface area contributed by atoms with E-state index in [9.17, 15) is 13.2 Å². The van der Waals surface area contributed by atoms with Gasteiger partial charge in [0.2, 0.25) is 0 Å². The zero-order chi connectivity index (χ0) is 29.1. The van der Waals surface area contributed by atoms with Gasteiger partial charge in [-0.05, 0) is 62.8 Å². The van der Waals surface area contributed by atoms with Gasteiger partial charge in [-0.3, -0.25) is 9.97 Å². The van der Waals surface area contributed by atoms with Gasteiger partial charge in [0.1, 0.15) is 29.4 Å². The summed E-state index contributed by atoms with van der Waals surface area (Å²) in [5, 5.41) is 5.19. The quantitative estimate of drug-likeness (QED) is 0.207. The number of rotatable bonds is 7. The van der Waals surface area contributed by atoms with Crippen molar-refractivity contribution in [1.29, 1.82) is 0 Å². The Kier molecular flexibility index (Phi) is 6.75. The second-order valence-electron chi connectivity index (χ2n) is 11.6. The van der Waals surface area contributed by atoms with Gasteiger partial charge < -0.3 is 14.0 Å². The summed E-state index contributed by atoms with van der Waals surface area (Å²) in [6.07, 6.45) is 9.49. The molecule has 0 N–H and O–H groups in total. The first-order valence-electron chi connectivity index (χ1n) is 13.9. The number of aromatic nitrogens is 3. The van der Waals surface area contributed by atoms with E-state index in [0.29, 0.717) is 39.6 Å². The summed E-state index contributed by atoms with van der Waals surface area (Å²) >= 11 is 12.9. The first-order chi connectivity index (χ1) is 20.2. The number of nitrogens with zero attached hydrogens (tertiary/aromatic N) is 3. The van der Waals surface area contributed by atoms with E-state index < -0.39 is 17.3 Å². The molecule has 11 heteroatoms. The number of hydrogen-bond acceptors (Lipinski definition) is 6. The molecule has 218 valence electrons. The average Bonchev–Trinajstić information content (AvgIpc) is 3.75. The molecule has 2 aliphatic heterocycles. The molecule has 5 heterocycles. The van der Waals surface area contributed by atoms with Crippen molar-refractivity contribution in [3.63, 3.8) is 0 Å². The largest absolute Gasteiger partial charge is 0.491 e. The molecule has 3 aromatic heterocycles. The van der Waals surface area contributed by atoms with Crippen LogP contribution in [0, 0.1) is 5.41 Å². The fourth-order valence-corrected chi connectivity index (χ4v) is 6.60. The van der Waals surface area contributed by atoms with Gasteiger partial charge in [0.15, 0.2) is 0 Å². The molecule has 42 heavy (non-hydrogen) atoms. The van der Waals surface area contributed by atoms with E-state index >= 15 is 0 Å². The summed E-state index contributed by atoms with van der Waals surface area (Å²) < 4.78 is 58.8. The van der Waals surface area contributed by atoms with Crippen molar-refractivity contribution in [3.05, 3.63) is 75.9 Å². The normalized spacial score (nSPS) is 24.1. The number of fused-ring (bicyclic) bond motifs is 4. The third-order valence-corrected chi connectivity index (χ3v) is 9.31. The van der Waals surface area contributed by atoms with E-state index in [2.05, 4.69) is 27.3 Å². The van der Waals surface area contributed by atoms with Crippen LogP contribution in [0.1, 0.15) is 61.3 Å². The van der Waals surface area contributed by atoms with E-state index in [1.807, 2.05) is 0 Å². The summed E-state index contributed by atoms with van der Waals surface area (Å²) in [4.78, 5) is 8.12. The van der Waals surface area contributed by atoms with Crippen molar-refractivity contribution < 1.29 is 27.2 Å².